The standard InChI is InChI=1S/C11H23/c1-7-11(5,6)8-10(4)9(2)3/h9-10H,2,7-8H2,1,3-6H3. The minimum Gasteiger partial charge on any atom is -0.0649 e. The van der Waals surface area contributed by atoms with E-state index in [-0.39, 0.29) is 0 Å². The molecule has 67 valence electrons. The molecule has 0 aliphatic carbocycles. The van der Waals surface area contributed by atoms with Gasteiger partial charge in [-0.15, -0.1) is 0 Å². The SMILES string of the molecule is [CH2]C(C)C(C)CC(C)(C)CC. The molecular weight excluding hydrogens is 132 g/mol. The topological polar surface area (TPSA) is 0 Å². The summed E-state index contributed by atoms with van der Waals surface area (Å²) in [6.07, 6.45) is 2.57. The molecule has 1 radical (unpaired) electrons. The van der Waals surface area contributed by atoms with Gasteiger partial charge in [0.25, 0.3) is 0 Å². The van der Waals surface area contributed by atoms with Gasteiger partial charge in [-0.05, 0) is 23.7 Å². The van der Waals surface area contributed by atoms with Crippen LogP contribution >= 0.6 is 0 Å². The highest BCUT2D eigenvalue weighted by molar-refractivity contribution is 4.73. The van der Waals surface area contributed by atoms with Crippen molar-refractivity contribution in [3.63, 3.8) is 0 Å². The van der Waals surface area contributed by atoms with Gasteiger partial charge in [-0.25, -0.2) is 0 Å². The lowest BCUT2D eigenvalue weighted by atomic mass is 9.78. The van der Waals surface area contributed by atoms with Crippen molar-refractivity contribution in [2.75, 3.05) is 0 Å². The molecule has 0 heterocycles. The Labute approximate surface area is 72.4 Å². The fourth-order valence-corrected chi connectivity index (χ4v) is 1.22. The van der Waals surface area contributed by atoms with Gasteiger partial charge in [-0.1, -0.05) is 48.0 Å². The van der Waals surface area contributed by atoms with Crippen LogP contribution in [0, 0.1) is 24.2 Å². The molecule has 0 aliphatic rings. The van der Waals surface area contributed by atoms with Gasteiger partial charge in [0.1, 0.15) is 0 Å². The van der Waals surface area contributed by atoms with Gasteiger partial charge in [0.15, 0.2) is 0 Å². The zero-order chi connectivity index (χ0) is 9.07. The molecule has 0 bridgehead atoms. The maximum atomic E-state index is 4.06. The fraction of sp³-hybridized carbons (Fsp3) is 0.909. The van der Waals surface area contributed by atoms with Crippen molar-refractivity contribution >= 4 is 0 Å². The van der Waals surface area contributed by atoms with Crippen molar-refractivity contribution in [2.45, 2.75) is 47.5 Å². The molecule has 0 aliphatic heterocycles. The summed E-state index contributed by atoms with van der Waals surface area (Å²) in [5.41, 5.74) is 0.505. The third kappa shape index (κ3) is 4.44. The van der Waals surface area contributed by atoms with Crippen LogP contribution in [0.15, 0.2) is 0 Å². The van der Waals surface area contributed by atoms with Crippen LogP contribution in [-0.2, 0) is 0 Å². The Bertz CT molecular complexity index is 101. The average molecular weight is 155 g/mol. The first-order chi connectivity index (χ1) is 4.89. The lowest BCUT2D eigenvalue weighted by Gasteiger charge is -2.28. The van der Waals surface area contributed by atoms with Gasteiger partial charge in [0.05, 0.1) is 0 Å². The Morgan fingerprint density at radius 1 is 1.27 bits per heavy atom. The molecule has 2 atom stereocenters. The van der Waals surface area contributed by atoms with Crippen molar-refractivity contribution in [1.29, 1.82) is 0 Å². The predicted molar refractivity (Wildman–Crippen MR) is 52.4 cm³/mol. The molecule has 0 rings (SSSR count). The minimum atomic E-state index is 0.505. The monoisotopic (exact) mass is 155 g/mol. The highest BCUT2D eigenvalue weighted by atomic mass is 14.3. The van der Waals surface area contributed by atoms with Gasteiger partial charge in [0.2, 0.25) is 0 Å². The van der Waals surface area contributed by atoms with E-state index in [0.717, 1.165) is 5.92 Å². The van der Waals surface area contributed by atoms with Crippen molar-refractivity contribution in [3.8, 4) is 0 Å². The molecule has 0 N–H and O–H groups in total. The van der Waals surface area contributed by atoms with Crippen LogP contribution < -0.4 is 0 Å². The Balaban J connectivity index is 3.83. The van der Waals surface area contributed by atoms with Crippen LogP contribution in [0.4, 0.5) is 0 Å². The molecule has 11 heavy (non-hydrogen) atoms. The summed E-state index contributed by atoms with van der Waals surface area (Å²) in [5, 5.41) is 0. The van der Waals surface area contributed by atoms with E-state index in [9.17, 15) is 0 Å². The Morgan fingerprint density at radius 3 is 2.00 bits per heavy atom. The summed E-state index contributed by atoms with van der Waals surface area (Å²) in [6, 6.07) is 0. The van der Waals surface area contributed by atoms with E-state index >= 15 is 0 Å². The first-order valence-corrected chi connectivity index (χ1v) is 4.72. The van der Waals surface area contributed by atoms with E-state index in [4.69, 9.17) is 0 Å². The quantitative estimate of drug-likeness (QED) is 0.577. The van der Waals surface area contributed by atoms with E-state index in [2.05, 4.69) is 41.5 Å². The second-order valence-corrected chi connectivity index (χ2v) is 4.68. The summed E-state index contributed by atoms with van der Waals surface area (Å²) < 4.78 is 0. The molecule has 0 saturated carbocycles. The molecule has 0 nitrogen and oxygen atoms in total. The molecule has 2 unspecified atom stereocenters. The highest BCUT2D eigenvalue weighted by Crippen LogP contribution is 2.31. The molecule has 0 aromatic carbocycles. The maximum absolute atomic E-state index is 4.06. The third-order valence-electron chi connectivity index (χ3n) is 2.80. The normalized spacial score (nSPS) is 15.5. The van der Waals surface area contributed by atoms with Gasteiger partial charge in [0, 0.05) is 0 Å². The average Bonchev–Trinajstić information content (AvgIpc) is 1.87. The second kappa shape index (κ2) is 4.13. The van der Waals surface area contributed by atoms with Crippen LogP contribution in [0.3, 0.4) is 0 Å². The van der Waals surface area contributed by atoms with Crippen LogP contribution in [-0.4, -0.2) is 0 Å². The summed E-state index contributed by atoms with van der Waals surface area (Å²) in [4.78, 5) is 0. The summed E-state index contributed by atoms with van der Waals surface area (Å²) in [5.74, 6) is 1.34. The zero-order valence-corrected chi connectivity index (χ0v) is 8.78. The largest absolute Gasteiger partial charge is 0.0649 e. The summed E-state index contributed by atoms with van der Waals surface area (Å²) in [6.45, 7) is 15.5. The Morgan fingerprint density at radius 2 is 1.73 bits per heavy atom. The molecule has 0 fully saturated rings. The van der Waals surface area contributed by atoms with Crippen molar-refractivity contribution in [2.24, 2.45) is 17.3 Å². The van der Waals surface area contributed by atoms with E-state index in [1.807, 2.05) is 0 Å². The molecular formula is C11H23. The van der Waals surface area contributed by atoms with Crippen molar-refractivity contribution in [1.82, 2.24) is 0 Å². The number of hydrogen-bond acceptors (Lipinski definition) is 0. The minimum absolute atomic E-state index is 0.505. The third-order valence-corrected chi connectivity index (χ3v) is 2.80. The Hall–Kier alpha value is 0. The number of hydrogen-bond donors (Lipinski definition) is 0. The molecule has 0 spiro atoms. The van der Waals surface area contributed by atoms with Gasteiger partial charge >= 0.3 is 0 Å². The van der Waals surface area contributed by atoms with Gasteiger partial charge in [-0.3, -0.25) is 0 Å². The number of rotatable bonds is 4. The lowest BCUT2D eigenvalue weighted by Crippen LogP contribution is -2.17. The summed E-state index contributed by atoms with van der Waals surface area (Å²) in [7, 11) is 0. The van der Waals surface area contributed by atoms with Crippen LogP contribution in [0.2, 0.25) is 0 Å². The molecule has 0 heteroatoms. The molecule has 0 saturated heterocycles. The molecule has 0 amide bonds. The smallest absolute Gasteiger partial charge is 0.0354 e. The fourth-order valence-electron chi connectivity index (χ4n) is 1.22. The van der Waals surface area contributed by atoms with E-state index in [1.165, 1.54) is 12.8 Å². The van der Waals surface area contributed by atoms with E-state index in [1.54, 1.807) is 0 Å². The molecule has 0 aromatic rings. The van der Waals surface area contributed by atoms with Crippen molar-refractivity contribution < 1.29 is 0 Å². The summed E-state index contributed by atoms with van der Waals surface area (Å²) >= 11 is 0. The first kappa shape index (κ1) is 11.0. The lowest BCUT2D eigenvalue weighted by molar-refractivity contribution is 0.240. The maximum Gasteiger partial charge on any atom is -0.0354 e. The van der Waals surface area contributed by atoms with Crippen LogP contribution in [0.1, 0.15) is 47.5 Å². The van der Waals surface area contributed by atoms with Gasteiger partial charge in [-0.2, -0.15) is 0 Å². The Kier molecular flexibility index (Phi) is 4.13. The zero-order valence-electron chi connectivity index (χ0n) is 8.78. The van der Waals surface area contributed by atoms with E-state index < -0.39 is 0 Å². The first-order valence-electron chi connectivity index (χ1n) is 4.72. The predicted octanol–water partition coefficient (Wildman–Crippen LogP) is 3.92. The van der Waals surface area contributed by atoms with E-state index in [0.29, 0.717) is 11.3 Å². The highest BCUT2D eigenvalue weighted by Gasteiger charge is 2.20. The van der Waals surface area contributed by atoms with Crippen LogP contribution in [0.25, 0.3) is 0 Å². The van der Waals surface area contributed by atoms with Gasteiger partial charge < -0.3 is 0 Å². The van der Waals surface area contributed by atoms with Crippen LogP contribution in [0.5, 0.6) is 0 Å². The van der Waals surface area contributed by atoms with Crippen molar-refractivity contribution in [3.05, 3.63) is 6.92 Å². The second-order valence-electron chi connectivity index (χ2n) is 4.68. The molecule has 0 aromatic heterocycles.